The van der Waals surface area contributed by atoms with E-state index in [4.69, 9.17) is 0 Å². The molecule has 0 atom stereocenters. The van der Waals surface area contributed by atoms with E-state index >= 15 is 0 Å². The molecule has 1 fully saturated rings. The first kappa shape index (κ1) is 16.4. The molecule has 1 aliphatic rings. The minimum atomic E-state index is -0.168. The van der Waals surface area contributed by atoms with Crippen molar-refractivity contribution >= 4 is 33.7 Å². The number of nitrogens with one attached hydrogen (secondary N) is 2. The zero-order chi connectivity index (χ0) is 17.2. The van der Waals surface area contributed by atoms with Gasteiger partial charge in [0.05, 0.1) is 12.4 Å². The van der Waals surface area contributed by atoms with Gasteiger partial charge < -0.3 is 5.32 Å². The maximum atomic E-state index is 12.4. The van der Waals surface area contributed by atoms with E-state index in [0.29, 0.717) is 15.9 Å². The molecule has 1 amide bonds. The number of piperidine rings is 1. The van der Waals surface area contributed by atoms with Crippen LogP contribution in [0.2, 0.25) is 0 Å². The second kappa shape index (κ2) is 7.03. The third-order valence-electron chi connectivity index (χ3n) is 4.17. The Morgan fingerprint density at radius 2 is 2.08 bits per heavy atom. The van der Waals surface area contributed by atoms with Crippen molar-refractivity contribution < 1.29 is 4.79 Å². The molecule has 2 N–H and O–H groups in total. The molecule has 25 heavy (non-hydrogen) atoms. The van der Waals surface area contributed by atoms with Crippen LogP contribution in [0.25, 0.3) is 10.6 Å². The summed E-state index contributed by atoms with van der Waals surface area (Å²) in [5.74, 6) is 0.379. The van der Waals surface area contributed by atoms with Gasteiger partial charge in [-0.3, -0.25) is 14.8 Å². The van der Waals surface area contributed by atoms with Crippen molar-refractivity contribution in [2.24, 2.45) is 7.05 Å². The molecule has 0 bridgehead atoms. The first-order valence-corrected chi connectivity index (χ1v) is 9.75. The summed E-state index contributed by atoms with van der Waals surface area (Å²) in [5, 5.41) is 11.8. The number of carbonyl (C=O) groups is 1. The molecule has 1 aliphatic heterocycles. The van der Waals surface area contributed by atoms with Gasteiger partial charge in [-0.05, 0) is 31.8 Å². The highest BCUT2D eigenvalue weighted by Gasteiger charge is 2.19. The Hall–Kier alpha value is -2.10. The number of amides is 1. The number of rotatable bonds is 4. The molecule has 4 heterocycles. The van der Waals surface area contributed by atoms with E-state index in [9.17, 15) is 4.79 Å². The molecular formula is C16H18N6OS2. The SMILES string of the molecule is Cn1cc(-c2ncc(C(=O)Nc3ncc(C4CCNCC4)s3)s2)cn1. The van der Waals surface area contributed by atoms with Crippen molar-refractivity contribution in [3.8, 4) is 10.6 Å². The van der Waals surface area contributed by atoms with Crippen molar-refractivity contribution in [2.45, 2.75) is 18.8 Å². The zero-order valence-corrected chi connectivity index (χ0v) is 15.4. The van der Waals surface area contributed by atoms with Gasteiger partial charge in [0, 0.05) is 29.9 Å². The maximum Gasteiger partial charge on any atom is 0.269 e. The number of hydrogen-bond acceptors (Lipinski definition) is 7. The number of thiazole rings is 2. The molecule has 1 saturated heterocycles. The first-order valence-electron chi connectivity index (χ1n) is 8.11. The number of hydrogen-bond donors (Lipinski definition) is 2. The van der Waals surface area contributed by atoms with Crippen molar-refractivity contribution in [1.29, 1.82) is 0 Å². The van der Waals surface area contributed by atoms with Crippen LogP contribution in [0.15, 0.2) is 24.8 Å². The van der Waals surface area contributed by atoms with E-state index in [1.165, 1.54) is 16.2 Å². The third-order valence-corrected chi connectivity index (χ3v) is 6.29. The van der Waals surface area contributed by atoms with Crippen LogP contribution in [-0.2, 0) is 7.05 Å². The smallest absolute Gasteiger partial charge is 0.269 e. The summed E-state index contributed by atoms with van der Waals surface area (Å²) in [4.78, 5) is 22.9. The molecule has 0 spiro atoms. The normalized spacial score (nSPS) is 15.4. The lowest BCUT2D eigenvalue weighted by Crippen LogP contribution is -2.26. The second-order valence-corrected chi connectivity index (χ2v) is 8.07. The Morgan fingerprint density at radius 3 is 2.84 bits per heavy atom. The van der Waals surface area contributed by atoms with Crippen LogP contribution >= 0.6 is 22.7 Å². The molecule has 3 aromatic rings. The lowest BCUT2D eigenvalue weighted by atomic mass is 9.97. The highest BCUT2D eigenvalue weighted by atomic mass is 32.1. The van der Waals surface area contributed by atoms with Gasteiger partial charge in [0.2, 0.25) is 0 Å². The predicted octanol–water partition coefficient (Wildman–Crippen LogP) is 2.72. The summed E-state index contributed by atoms with van der Waals surface area (Å²) in [5.41, 5.74) is 0.911. The van der Waals surface area contributed by atoms with Crippen molar-refractivity contribution in [3.63, 3.8) is 0 Å². The summed E-state index contributed by atoms with van der Waals surface area (Å²) in [6, 6.07) is 0. The fourth-order valence-corrected chi connectivity index (χ4v) is 4.61. The highest BCUT2D eigenvalue weighted by Crippen LogP contribution is 2.32. The van der Waals surface area contributed by atoms with Crippen LogP contribution in [0.1, 0.15) is 33.3 Å². The Morgan fingerprint density at radius 1 is 1.24 bits per heavy atom. The van der Waals surface area contributed by atoms with Gasteiger partial charge in [0.25, 0.3) is 5.91 Å². The Kier molecular flexibility index (Phi) is 4.60. The topological polar surface area (TPSA) is 84.7 Å². The molecule has 0 aliphatic carbocycles. The lowest BCUT2D eigenvalue weighted by molar-refractivity contribution is 0.103. The van der Waals surface area contributed by atoms with Gasteiger partial charge in [-0.15, -0.1) is 22.7 Å². The largest absolute Gasteiger partial charge is 0.317 e. The lowest BCUT2D eigenvalue weighted by Gasteiger charge is -2.20. The van der Waals surface area contributed by atoms with Gasteiger partial charge in [0.15, 0.2) is 5.13 Å². The van der Waals surface area contributed by atoms with Gasteiger partial charge in [0.1, 0.15) is 9.88 Å². The van der Waals surface area contributed by atoms with Crippen LogP contribution in [0, 0.1) is 0 Å². The van der Waals surface area contributed by atoms with Gasteiger partial charge in [-0.25, -0.2) is 9.97 Å². The van der Waals surface area contributed by atoms with Crippen LogP contribution in [0.5, 0.6) is 0 Å². The fraction of sp³-hybridized carbons (Fsp3) is 0.375. The third kappa shape index (κ3) is 3.63. The number of anilines is 1. The minimum Gasteiger partial charge on any atom is -0.317 e. The summed E-state index contributed by atoms with van der Waals surface area (Å²) in [6.07, 6.45) is 9.37. The fourth-order valence-electron chi connectivity index (χ4n) is 2.84. The Balaban J connectivity index is 1.43. The quantitative estimate of drug-likeness (QED) is 0.733. The molecule has 0 radical (unpaired) electrons. The molecule has 130 valence electrons. The average molecular weight is 374 g/mol. The number of nitrogens with zero attached hydrogens (tertiary/aromatic N) is 4. The zero-order valence-electron chi connectivity index (χ0n) is 13.7. The predicted molar refractivity (Wildman–Crippen MR) is 99.2 cm³/mol. The standard InChI is InChI=1S/C16H18N6OS2/c1-22-9-11(6-20-22)15-18-8-13(24-15)14(23)21-16-19-7-12(25-16)10-2-4-17-5-3-10/h6-10,17H,2-5H2,1H3,(H,19,21,23). The van der Waals surface area contributed by atoms with Gasteiger partial charge in [-0.2, -0.15) is 5.10 Å². The van der Waals surface area contributed by atoms with E-state index in [0.717, 1.165) is 36.5 Å². The maximum absolute atomic E-state index is 12.4. The Bertz CT molecular complexity index is 877. The van der Waals surface area contributed by atoms with E-state index in [1.807, 2.05) is 19.4 Å². The van der Waals surface area contributed by atoms with E-state index in [-0.39, 0.29) is 5.91 Å². The molecule has 0 aromatic carbocycles. The molecular weight excluding hydrogens is 356 g/mol. The molecule has 0 saturated carbocycles. The summed E-state index contributed by atoms with van der Waals surface area (Å²) in [7, 11) is 1.85. The van der Waals surface area contributed by atoms with Crippen molar-refractivity contribution in [2.75, 3.05) is 18.4 Å². The second-order valence-electron chi connectivity index (χ2n) is 5.98. The van der Waals surface area contributed by atoms with Crippen molar-refractivity contribution in [1.82, 2.24) is 25.1 Å². The average Bonchev–Trinajstić information content (AvgIpc) is 3.35. The molecule has 0 unspecified atom stereocenters. The minimum absolute atomic E-state index is 0.168. The van der Waals surface area contributed by atoms with Gasteiger partial charge >= 0.3 is 0 Å². The van der Waals surface area contributed by atoms with Gasteiger partial charge in [-0.1, -0.05) is 0 Å². The van der Waals surface area contributed by atoms with E-state index < -0.39 is 0 Å². The van der Waals surface area contributed by atoms with Crippen LogP contribution in [-0.4, -0.2) is 38.7 Å². The molecule has 3 aromatic heterocycles. The number of aromatic nitrogens is 4. The van der Waals surface area contributed by atoms with Crippen LogP contribution in [0.3, 0.4) is 0 Å². The summed E-state index contributed by atoms with van der Waals surface area (Å²) >= 11 is 2.92. The van der Waals surface area contributed by atoms with Crippen molar-refractivity contribution in [3.05, 3.63) is 34.5 Å². The van der Waals surface area contributed by atoms with Crippen LogP contribution < -0.4 is 10.6 Å². The monoisotopic (exact) mass is 374 g/mol. The van der Waals surface area contributed by atoms with E-state index in [1.54, 1.807) is 28.4 Å². The van der Waals surface area contributed by atoms with Crippen LogP contribution in [0.4, 0.5) is 5.13 Å². The number of carbonyl (C=O) groups excluding carboxylic acids is 1. The molecule has 7 nitrogen and oxygen atoms in total. The molecule has 9 heteroatoms. The summed E-state index contributed by atoms with van der Waals surface area (Å²) in [6.45, 7) is 2.09. The number of aryl methyl sites for hydroxylation is 1. The summed E-state index contributed by atoms with van der Waals surface area (Å²) < 4.78 is 1.72. The Labute approximate surface area is 153 Å². The first-order chi connectivity index (χ1) is 12.2. The highest BCUT2D eigenvalue weighted by molar-refractivity contribution is 7.17. The molecule has 4 rings (SSSR count). The van der Waals surface area contributed by atoms with E-state index in [2.05, 4.69) is 25.7 Å².